The zero-order valence-corrected chi connectivity index (χ0v) is 27.1. The molecule has 5 rings (SSSR count). The molecule has 0 radical (unpaired) electrons. The highest BCUT2D eigenvalue weighted by Crippen LogP contribution is 2.12. The van der Waals surface area contributed by atoms with Crippen LogP contribution in [0.3, 0.4) is 0 Å². The number of nitrogens with zero attached hydrogens (tertiary/aromatic N) is 8. The second-order valence-corrected chi connectivity index (χ2v) is 11.0. The van der Waals surface area contributed by atoms with E-state index in [0.29, 0.717) is 11.1 Å². The number of benzene rings is 3. The topological polar surface area (TPSA) is 148 Å². The lowest BCUT2D eigenvalue weighted by molar-refractivity contribution is 0.320. The Morgan fingerprint density at radius 1 is 0.659 bits per heavy atom. The molecular weight excluding hydrogens is 688 g/mol. The Morgan fingerprint density at radius 2 is 1.00 bits per heavy atom. The van der Waals surface area contributed by atoms with Crippen LogP contribution in [-0.2, 0) is 13.1 Å². The number of oxime groups is 2. The lowest BCUT2D eigenvalue weighted by atomic mass is 10.1. The van der Waals surface area contributed by atoms with E-state index in [2.05, 4.69) is 85.5 Å². The standard InChI is InChI=1S/C16H18N4.2C8H5BrN2O/c1-13-17-7-9-19(13)11-15-3-5-16(6-4-15)12-20-10-8-18-14(20)2;2*9-7-3-1-6(2-4-7)8(5-10)11-12/h3-10H,11-12H2,1-2H3;2*1-4,12H/b;2*11-8+. The molecule has 0 atom stereocenters. The van der Waals surface area contributed by atoms with Crippen molar-refractivity contribution in [2.75, 3.05) is 0 Å². The van der Waals surface area contributed by atoms with Crippen LogP contribution in [0.25, 0.3) is 0 Å². The Kier molecular flexibility index (Phi) is 13.1. The fourth-order valence-electron chi connectivity index (χ4n) is 3.79. The van der Waals surface area contributed by atoms with E-state index in [1.54, 1.807) is 60.7 Å². The summed E-state index contributed by atoms with van der Waals surface area (Å²) in [6.07, 6.45) is 7.70. The molecule has 44 heavy (non-hydrogen) atoms. The monoisotopic (exact) mass is 714 g/mol. The van der Waals surface area contributed by atoms with Gasteiger partial charge in [-0.2, -0.15) is 10.5 Å². The predicted molar refractivity (Wildman–Crippen MR) is 175 cm³/mol. The summed E-state index contributed by atoms with van der Waals surface area (Å²) in [6.45, 7) is 5.79. The maximum atomic E-state index is 8.50. The van der Waals surface area contributed by atoms with Gasteiger partial charge in [-0.05, 0) is 49.2 Å². The van der Waals surface area contributed by atoms with E-state index in [1.807, 2.05) is 38.6 Å². The largest absolute Gasteiger partial charge is 0.410 e. The normalized spacial score (nSPS) is 10.9. The van der Waals surface area contributed by atoms with Crippen molar-refractivity contribution in [3.63, 3.8) is 0 Å². The van der Waals surface area contributed by atoms with Gasteiger partial charge in [-0.1, -0.05) is 90.7 Å². The van der Waals surface area contributed by atoms with Crippen molar-refractivity contribution in [2.45, 2.75) is 26.9 Å². The fourth-order valence-corrected chi connectivity index (χ4v) is 4.32. The van der Waals surface area contributed by atoms with E-state index < -0.39 is 0 Å². The Balaban J connectivity index is 0.000000192. The van der Waals surface area contributed by atoms with Gasteiger partial charge in [0, 0.05) is 57.9 Å². The number of hydrogen-bond acceptors (Lipinski definition) is 8. The summed E-state index contributed by atoms with van der Waals surface area (Å²) in [5.74, 6) is 2.09. The van der Waals surface area contributed by atoms with Crippen LogP contribution in [0.5, 0.6) is 0 Å². The average molecular weight is 716 g/mol. The summed E-state index contributed by atoms with van der Waals surface area (Å²) in [6, 6.07) is 26.2. The molecule has 0 amide bonds. The molecule has 0 aliphatic carbocycles. The minimum Gasteiger partial charge on any atom is -0.410 e. The highest BCUT2D eigenvalue weighted by atomic mass is 79.9. The smallest absolute Gasteiger partial charge is 0.186 e. The Hall–Kier alpha value is -5.04. The number of aryl methyl sites for hydroxylation is 2. The number of hydrogen-bond donors (Lipinski definition) is 2. The lowest BCUT2D eigenvalue weighted by Gasteiger charge is -2.08. The summed E-state index contributed by atoms with van der Waals surface area (Å²) in [7, 11) is 0. The van der Waals surface area contributed by atoms with E-state index in [0.717, 1.165) is 33.7 Å². The molecule has 0 spiro atoms. The molecule has 2 N–H and O–H groups in total. The number of nitriles is 2. The fraction of sp³-hybridized carbons (Fsp3) is 0.125. The second kappa shape index (κ2) is 17.2. The number of aromatic nitrogens is 4. The van der Waals surface area contributed by atoms with Crippen LogP contribution in [-0.4, -0.2) is 40.9 Å². The summed E-state index contributed by atoms with van der Waals surface area (Å²) in [4.78, 5) is 8.49. The second-order valence-electron chi connectivity index (χ2n) is 9.16. The van der Waals surface area contributed by atoms with Crippen molar-refractivity contribution in [2.24, 2.45) is 10.3 Å². The molecule has 0 unspecified atom stereocenters. The van der Waals surface area contributed by atoms with Gasteiger partial charge >= 0.3 is 0 Å². The average Bonchev–Trinajstić information content (AvgIpc) is 3.64. The highest BCUT2D eigenvalue weighted by molar-refractivity contribution is 9.10. The van der Waals surface area contributed by atoms with Crippen molar-refractivity contribution in [3.05, 3.63) is 140 Å². The van der Waals surface area contributed by atoms with Gasteiger partial charge in [0.2, 0.25) is 0 Å². The molecule has 3 aromatic carbocycles. The molecule has 5 aromatic rings. The van der Waals surface area contributed by atoms with Crippen LogP contribution in [0.1, 0.15) is 33.9 Å². The number of rotatable bonds is 6. The third-order valence-electron chi connectivity index (χ3n) is 6.22. The molecule has 0 aliphatic heterocycles. The maximum absolute atomic E-state index is 8.50. The molecular formula is C32H28Br2N8O2. The molecule has 10 nitrogen and oxygen atoms in total. The molecule has 222 valence electrons. The van der Waals surface area contributed by atoms with Crippen LogP contribution in [0.2, 0.25) is 0 Å². The van der Waals surface area contributed by atoms with Crippen molar-refractivity contribution in [1.82, 2.24) is 19.1 Å². The summed E-state index contributed by atoms with van der Waals surface area (Å²) in [5, 5.41) is 39.5. The van der Waals surface area contributed by atoms with Crippen LogP contribution < -0.4 is 0 Å². The number of halogens is 2. The minimum atomic E-state index is 0.0162. The highest BCUT2D eigenvalue weighted by Gasteiger charge is 2.03. The van der Waals surface area contributed by atoms with E-state index in [-0.39, 0.29) is 11.4 Å². The Labute approximate surface area is 272 Å². The van der Waals surface area contributed by atoms with Crippen molar-refractivity contribution in [3.8, 4) is 12.1 Å². The van der Waals surface area contributed by atoms with E-state index >= 15 is 0 Å². The first kappa shape index (κ1) is 33.5. The summed E-state index contributed by atoms with van der Waals surface area (Å²) in [5.41, 5.74) is 3.81. The zero-order chi connectivity index (χ0) is 31.9. The van der Waals surface area contributed by atoms with Crippen molar-refractivity contribution >= 4 is 43.3 Å². The predicted octanol–water partition coefficient (Wildman–Crippen LogP) is 7.10. The third-order valence-corrected chi connectivity index (χ3v) is 7.28. The molecule has 0 aliphatic rings. The number of imidazole rings is 2. The van der Waals surface area contributed by atoms with E-state index in [4.69, 9.17) is 20.9 Å². The summed E-state index contributed by atoms with van der Waals surface area (Å²) >= 11 is 6.51. The Morgan fingerprint density at radius 3 is 1.25 bits per heavy atom. The van der Waals surface area contributed by atoms with Gasteiger partial charge in [-0.25, -0.2) is 9.97 Å². The third kappa shape index (κ3) is 10.1. The van der Waals surface area contributed by atoms with Crippen LogP contribution >= 0.6 is 31.9 Å². The van der Waals surface area contributed by atoms with Crippen molar-refractivity contribution in [1.29, 1.82) is 10.5 Å². The van der Waals surface area contributed by atoms with Gasteiger partial charge < -0.3 is 19.5 Å². The van der Waals surface area contributed by atoms with Gasteiger partial charge in [-0.15, -0.1) is 0 Å². The molecule has 2 aromatic heterocycles. The van der Waals surface area contributed by atoms with Gasteiger partial charge in [0.1, 0.15) is 23.8 Å². The molecule has 2 heterocycles. The van der Waals surface area contributed by atoms with Crippen LogP contribution in [0.15, 0.2) is 117 Å². The molecule has 0 bridgehead atoms. The SMILES string of the molecule is Cc1nccn1Cc1ccc(Cn2ccnc2C)cc1.N#C/C(=N\O)c1ccc(Br)cc1.N#C/C(=N\O)c1ccc(Br)cc1. The molecule has 0 saturated carbocycles. The first-order valence-electron chi connectivity index (χ1n) is 13.1. The first-order chi connectivity index (χ1) is 21.3. The molecule has 0 fully saturated rings. The quantitative estimate of drug-likeness (QED) is 0.109. The van der Waals surface area contributed by atoms with Crippen LogP contribution in [0.4, 0.5) is 0 Å². The summed E-state index contributed by atoms with van der Waals surface area (Å²) < 4.78 is 6.13. The lowest BCUT2D eigenvalue weighted by Crippen LogP contribution is -2.03. The first-order valence-corrected chi connectivity index (χ1v) is 14.7. The van der Waals surface area contributed by atoms with Crippen molar-refractivity contribution < 1.29 is 10.4 Å². The van der Waals surface area contributed by atoms with Gasteiger partial charge in [0.05, 0.1) is 0 Å². The van der Waals surface area contributed by atoms with Crippen LogP contribution in [0, 0.1) is 36.5 Å². The van der Waals surface area contributed by atoms with Gasteiger partial charge in [-0.3, -0.25) is 0 Å². The van der Waals surface area contributed by atoms with Gasteiger partial charge in [0.15, 0.2) is 11.4 Å². The maximum Gasteiger partial charge on any atom is 0.186 e. The molecule has 0 saturated heterocycles. The Bertz CT molecular complexity index is 1650. The van der Waals surface area contributed by atoms with Gasteiger partial charge in [0.25, 0.3) is 0 Å². The zero-order valence-electron chi connectivity index (χ0n) is 23.9. The van der Waals surface area contributed by atoms with E-state index in [9.17, 15) is 0 Å². The van der Waals surface area contributed by atoms with E-state index in [1.165, 1.54) is 11.1 Å². The molecule has 12 heteroatoms. The minimum absolute atomic E-state index is 0.0162.